The Morgan fingerprint density at radius 1 is 1.50 bits per heavy atom. The third-order valence-electron chi connectivity index (χ3n) is 3.41. The Labute approximate surface area is 106 Å². The smallest absolute Gasteiger partial charge is 0.251 e. The van der Waals surface area contributed by atoms with Crippen molar-refractivity contribution in [3.63, 3.8) is 0 Å². The number of carbonyl (C=O) groups excluding carboxylic acids is 1. The van der Waals surface area contributed by atoms with Crippen molar-refractivity contribution in [1.82, 2.24) is 10.3 Å². The maximum absolute atomic E-state index is 11.8. The van der Waals surface area contributed by atoms with Crippen molar-refractivity contribution in [2.75, 3.05) is 6.54 Å². The summed E-state index contributed by atoms with van der Waals surface area (Å²) in [5.41, 5.74) is 6.04. The van der Waals surface area contributed by atoms with Gasteiger partial charge in [0.2, 0.25) is 5.56 Å². The summed E-state index contributed by atoms with van der Waals surface area (Å²) in [4.78, 5) is 25.4. The summed E-state index contributed by atoms with van der Waals surface area (Å²) >= 11 is 0. The fourth-order valence-electron chi connectivity index (χ4n) is 2.44. The first-order chi connectivity index (χ1) is 8.65. The molecule has 2 unspecified atom stereocenters. The van der Waals surface area contributed by atoms with Gasteiger partial charge in [0.25, 0.3) is 5.91 Å². The molecule has 4 N–H and O–H groups in total. The summed E-state index contributed by atoms with van der Waals surface area (Å²) in [5.74, 6) is 0.264. The lowest BCUT2D eigenvalue weighted by atomic mass is 9.86. The van der Waals surface area contributed by atoms with Gasteiger partial charge in [-0.15, -0.1) is 0 Å². The van der Waals surface area contributed by atoms with Crippen molar-refractivity contribution in [2.24, 2.45) is 11.7 Å². The molecule has 98 valence electrons. The molecule has 1 aromatic rings. The standard InChI is InChI=1S/C13H19N3O2/c14-11-3-1-2-9(6-11)8-16-13(18)10-4-5-15-12(17)7-10/h4-5,7,9,11H,1-3,6,8,14H2,(H,15,17)(H,16,18). The lowest BCUT2D eigenvalue weighted by Crippen LogP contribution is -2.35. The summed E-state index contributed by atoms with van der Waals surface area (Å²) in [6.07, 6.45) is 5.78. The van der Waals surface area contributed by atoms with E-state index >= 15 is 0 Å². The van der Waals surface area contributed by atoms with Gasteiger partial charge >= 0.3 is 0 Å². The summed E-state index contributed by atoms with van der Waals surface area (Å²) in [5, 5.41) is 2.87. The molecule has 1 amide bonds. The maximum atomic E-state index is 11.8. The molecule has 0 aliphatic heterocycles. The molecule has 1 heterocycles. The van der Waals surface area contributed by atoms with Crippen molar-refractivity contribution >= 4 is 5.91 Å². The van der Waals surface area contributed by atoms with Crippen LogP contribution in [-0.2, 0) is 0 Å². The second-order valence-electron chi connectivity index (χ2n) is 4.94. The predicted octanol–water partition coefficient (Wildman–Crippen LogP) is 0.622. The van der Waals surface area contributed by atoms with Crippen LogP contribution in [0.25, 0.3) is 0 Å². The van der Waals surface area contributed by atoms with E-state index in [2.05, 4.69) is 10.3 Å². The minimum Gasteiger partial charge on any atom is -0.352 e. The molecule has 2 atom stereocenters. The number of carbonyl (C=O) groups is 1. The number of hydrogen-bond donors (Lipinski definition) is 3. The number of nitrogens with two attached hydrogens (primary N) is 1. The first-order valence-electron chi connectivity index (χ1n) is 6.37. The third-order valence-corrected chi connectivity index (χ3v) is 3.41. The van der Waals surface area contributed by atoms with Crippen LogP contribution in [0.1, 0.15) is 36.0 Å². The van der Waals surface area contributed by atoms with Crippen molar-refractivity contribution in [2.45, 2.75) is 31.7 Å². The Morgan fingerprint density at radius 3 is 3.06 bits per heavy atom. The molecule has 5 nitrogen and oxygen atoms in total. The second-order valence-corrected chi connectivity index (χ2v) is 4.94. The third kappa shape index (κ3) is 3.43. The lowest BCUT2D eigenvalue weighted by Gasteiger charge is -2.26. The topological polar surface area (TPSA) is 88.0 Å². The van der Waals surface area contributed by atoms with Crippen molar-refractivity contribution in [3.8, 4) is 0 Å². The van der Waals surface area contributed by atoms with Crippen LogP contribution in [0.5, 0.6) is 0 Å². The van der Waals surface area contributed by atoms with Crippen molar-refractivity contribution < 1.29 is 4.79 Å². The molecular weight excluding hydrogens is 230 g/mol. The summed E-state index contributed by atoms with van der Waals surface area (Å²) in [6.45, 7) is 0.638. The van der Waals surface area contributed by atoms with Gasteiger partial charge in [0.15, 0.2) is 0 Å². The summed E-state index contributed by atoms with van der Waals surface area (Å²) in [6, 6.07) is 3.17. The van der Waals surface area contributed by atoms with Gasteiger partial charge in [0.05, 0.1) is 0 Å². The Hall–Kier alpha value is -1.62. The highest BCUT2D eigenvalue weighted by molar-refractivity contribution is 5.93. The number of pyridine rings is 1. The van der Waals surface area contributed by atoms with Crippen molar-refractivity contribution in [3.05, 3.63) is 34.2 Å². The molecule has 1 aliphatic rings. The molecule has 0 radical (unpaired) electrons. The fraction of sp³-hybridized carbons (Fsp3) is 0.538. The number of H-pyrrole nitrogens is 1. The van der Waals surface area contributed by atoms with E-state index in [-0.39, 0.29) is 17.5 Å². The lowest BCUT2D eigenvalue weighted by molar-refractivity contribution is 0.0942. The van der Waals surface area contributed by atoms with Crippen molar-refractivity contribution in [1.29, 1.82) is 0 Å². The van der Waals surface area contributed by atoms with E-state index < -0.39 is 0 Å². The maximum Gasteiger partial charge on any atom is 0.251 e. The number of nitrogens with one attached hydrogen (secondary N) is 2. The SMILES string of the molecule is NC1CCCC(CNC(=O)c2cc[nH]c(=O)c2)C1. The summed E-state index contributed by atoms with van der Waals surface area (Å²) in [7, 11) is 0. The highest BCUT2D eigenvalue weighted by Gasteiger charge is 2.19. The van der Waals surface area contributed by atoms with Crippen LogP contribution in [0.4, 0.5) is 0 Å². The molecule has 1 aliphatic carbocycles. The molecular formula is C13H19N3O2. The van der Waals surface area contributed by atoms with Crippen LogP contribution in [0.2, 0.25) is 0 Å². The quantitative estimate of drug-likeness (QED) is 0.734. The monoisotopic (exact) mass is 249 g/mol. The molecule has 0 saturated heterocycles. The highest BCUT2D eigenvalue weighted by Crippen LogP contribution is 2.22. The number of aromatic nitrogens is 1. The number of amides is 1. The first-order valence-corrected chi connectivity index (χ1v) is 6.37. The van der Waals surface area contributed by atoms with E-state index in [1.54, 1.807) is 6.07 Å². The van der Waals surface area contributed by atoms with Crippen LogP contribution in [0.3, 0.4) is 0 Å². The van der Waals surface area contributed by atoms with Gasteiger partial charge in [-0.1, -0.05) is 6.42 Å². The van der Waals surface area contributed by atoms with Crippen LogP contribution in [-0.4, -0.2) is 23.5 Å². The van der Waals surface area contributed by atoms with E-state index in [1.807, 2.05) is 0 Å². The minimum atomic E-state index is -0.262. The Kier molecular flexibility index (Phi) is 4.15. The molecule has 0 spiro atoms. The second kappa shape index (κ2) is 5.82. The number of aromatic amines is 1. The van der Waals surface area contributed by atoms with E-state index in [0.717, 1.165) is 25.7 Å². The van der Waals surface area contributed by atoms with Gasteiger partial charge in [0, 0.05) is 30.4 Å². The molecule has 0 bridgehead atoms. The molecule has 1 saturated carbocycles. The zero-order chi connectivity index (χ0) is 13.0. The van der Waals surface area contributed by atoms with Gasteiger partial charge in [-0.25, -0.2) is 0 Å². The average Bonchev–Trinajstić information content (AvgIpc) is 2.36. The van der Waals surface area contributed by atoms with Gasteiger partial charge < -0.3 is 16.0 Å². The highest BCUT2D eigenvalue weighted by atomic mass is 16.2. The summed E-state index contributed by atoms with van der Waals surface area (Å²) < 4.78 is 0. The van der Waals surface area contributed by atoms with Gasteiger partial charge in [-0.2, -0.15) is 0 Å². The van der Waals surface area contributed by atoms with E-state index in [0.29, 0.717) is 18.0 Å². The predicted molar refractivity (Wildman–Crippen MR) is 69.3 cm³/mol. The van der Waals surface area contributed by atoms with Gasteiger partial charge in [-0.05, 0) is 31.2 Å². The van der Waals surface area contributed by atoms with Gasteiger partial charge in [-0.3, -0.25) is 9.59 Å². The zero-order valence-electron chi connectivity index (χ0n) is 10.3. The first kappa shape index (κ1) is 12.8. The van der Waals surface area contributed by atoms with E-state index in [9.17, 15) is 9.59 Å². The Morgan fingerprint density at radius 2 is 2.33 bits per heavy atom. The number of hydrogen-bond acceptors (Lipinski definition) is 3. The zero-order valence-corrected chi connectivity index (χ0v) is 10.3. The Bertz CT molecular complexity index is 469. The molecule has 1 aromatic heterocycles. The van der Waals surface area contributed by atoms with Crippen LogP contribution < -0.4 is 16.6 Å². The van der Waals surface area contributed by atoms with Crippen LogP contribution in [0.15, 0.2) is 23.1 Å². The molecule has 5 heteroatoms. The van der Waals surface area contributed by atoms with Crippen LogP contribution in [0, 0.1) is 5.92 Å². The van der Waals surface area contributed by atoms with Crippen LogP contribution >= 0.6 is 0 Å². The molecule has 1 fully saturated rings. The largest absolute Gasteiger partial charge is 0.352 e. The minimum absolute atomic E-state index is 0.194. The van der Waals surface area contributed by atoms with E-state index in [1.165, 1.54) is 12.3 Å². The molecule has 2 rings (SSSR count). The normalized spacial score (nSPS) is 23.6. The average molecular weight is 249 g/mol. The number of rotatable bonds is 3. The molecule has 18 heavy (non-hydrogen) atoms. The fourth-order valence-corrected chi connectivity index (χ4v) is 2.44. The van der Waals surface area contributed by atoms with E-state index in [4.69, 9.17) is 5.73 Å². The van der Waals surface area contributed by atoms with Gasteiger partial charge in [0.1, 0.15) is 0 Å². The molecule has 0 aromatic carbocycles. The Balaban J connectivity index is 1.86.